The first-order chi connectivity index (χ1) is 8.01. The van der Waals surface area contributed by atoms with Crippen LogP contribution in [-0.2, 0) is 0 Å². The molecule has 1 rings (SSSR count). The maximum atomic E-state index is 8.58. The van der Waals surface area contributed by atoms with Crippen molar-refractivity contribution in [1.82, 2.24) is 5.32 Å². The van der Waals surface area contributed by atoms with Crippen molar-refractivity contribution in [2.75, 3.05) is 6.26 Å². The third-order valence-electron chi connectivity index (χ3n) is 1.89. The lowest BCUT2D eigenvalue weighted by molar-refractivity contribution is 1.27. The number of amidine groups is 1. The third kappa shape index (κ3) is 3.62. The van der Waals surface area contributed by atoms with Crippen molar-refractivity contribution >= 4 is 66.1 Å². The molecule has 17 heavy (non-hydrogen) atoms. The van der Waals surface area contributed by atoms with Crippen LogP contribution in [0.5, 0.6) is 0 Å². The molecule has 0 bridgehead atoms. The standard InChI is InChI=1S/C10H8Br2ClN3S/c1-5-3-6(11)9(7(12)8(5)13)16-10(17-2)15-4-14/h3H,1-2H3,(H,15,16). The molecule has 1 aromatic rings. The van der Waals surface area contributed by atoms with E-state index in [-0.39, 0.29) is 0 Å². The molecule has 3 nitrogen and oxygen atoms in total. The van der Waals surface area contributed by atoms with E-state index < -0.39 is 0 Å². The van der Waals surface area contributed by atoms with Gasteiger partial charge in [0.1, 0.15) is 0 Å². The van der Waals surface area contributed by atoms with Gasteiger partial charge in [0, 0.05) is 4.47 Å². The van der Waals surface area contributed by atoms with E-state index in [0.717, 1.165) is 10.0 Å². The zero-order valence-electron chi connectivity index (χ0n) is 9.01. The predicted octanol–water partition coefficient (Wildman–Crippen LogP) is 4.59. The number of hydrogen-bond acceptors (Lipinski definition) is 3. The van der Waals surface area contributed by atoms with Crippen LogP contribution in [-0.4, -0.2) is 11.4 Å². The highest BCUT2D eigenvalue weighted by molar-refractivity contribution is 9.11. The first kappa shape index (κ1) is 14.8. The highest BCUT2D eigenvalue weighted by Crippen LogP contribution is 2.41. The van der Waals surface area contributed by atoms with E-state index in [2.05, 4.69) is 42.2 Å². The van der Waals surface area contributed by atoms with E-state index in [9.17, 15) is 0 Å². The second-order valence-corrected chi connectivity index (χ2v) is 5.83. The number of aryl methyl sites for hydroxylation is 1. The van der Waals surface area contributed by atoms with Gasteiger partial charge in [-0.1, -0.05) is 23.4 Å². The molecule has 7 heteroatoms. The Morgan fingerprint density at radius 2 is 2.24 bits per heavy atom. The molecule has 0 aliphatic carbocycles. The quantitative estimate of drug-likeness (QED) is 0.248. The van der Waals surface area contributed by atoms with E-state index in [1.165, 1.54) is 11.8 Å². The fraction of sp³-hybridized carbons (Fsp3) is 0.200. The van der Waals surface area contributed by atoms with Crippen LogP contribution in [0.15, 0.2) is 20.0 Å². The lowest BCUT2D eigenvalue weighted by Gasteiger charge is -2.08. The Labute approximate surface area is 126 Å². The SMILES string of the molecule is CSC(=Nc1c(Br)cc(C)c(Cl)c1Br)NC#N. The Kier molecular flexibility index (Phi) is 5.80. The van der Waals surface area contributed by atoms with Gasteiger partial charge in [-0.3, -0.25) is 5.32 Å². The highest BCUT2D eigenvalue weighted by Gasteiger charge is 2.12. The average Bonchev–Trinajstić information content (AvgIpc) is 2.30. The van der Waals surface area contributed by atoms with Crippen LogP contribution in [0.4, 0.5) is 5.69 Å². The van der Waals surface area contributed by atoms with Crippen LogP contribution in [0.2, 0.25) is 5.02 Å². The summed E-state index contributed by atoms with van der Waals surface area (Å²) in [6, 6.07) is 1.89. The second-order valence-electron chi connectivity index (χ2n) is 3.01. The maximum absolute atomic E-state index is 8.58. The van der Waals surface area contributed by atoms with E-state index in [1.807, 2.05) is 25.4 Å². The molecule has 0 unspecified atom stereocenters. The Morgan fingerprint density at radius 3 is 2.76 bits per heavy atom. The molecule has 0 aliphatic heterocycles. The van der Waals surface area contributed by atoms with E-state index in [4.69, 9.17) is 16.9 Å². The fourth-order valence-electron chi connectivity index (χ4n) is 1.08. The molecule has 0 amide bonds. The van der Waals surface area contributed by atoms with Gasteiger partial charge in [0.25, 0.3) is 0 Å². The zero-order chi connectivity index (χ0) is 13.0. The van der Waals surface area contributed by atoms with Crippen LogP contribution >= 0.6 is 55.2 Å². The molecule has 0 aromatic heterocycles. The molecule has 0 spiro atoms. The lowest BCUT2D eigenvalue weighted by atomic mass is 10.2. The van der Waals surface area contributed by atoms with Gasteiger partial charge in [-0.2, -0.15) is 5.26 Å². The number of nitriles is 1. The van der Waals surface area contributed by atoms with Crippen molar-refractivity contribution < 1.29 is 0 Å². The van der Waals surface area contributed by atoms with Crippen LogP contribution in [0.1, 0.15) is 5.56 Å². The molecule has 0 heterocycles. The minimum absolute atomic E-state index is 0.508. The molecular weight excluding hydrogens is 389 g/mol. The van der Waals surface area contributed by atoms with Gasteiger partial charge in [-0.05, 0) is 56.7 Å². The normalized spacial score (nSPS) is 11.2. The van der Waals surface area contributed by atoms with Crippen molar-refractivity contribution in [2.45, 2.75) is 6.92 Å². The van der Waals surface area contributed by atoms with Gasteiger partial charge in [-0.15, -0.1) is 0 Å². The summed E-state index contributed by atoms with van der Waals surface area (Å²) in [6.45, 7) is 1.91. The van der Waals surface area contributed by atoms with Crippen molar-refractivity contribution in [3.8, 4) is 6.19 Å². The summed E-state index contributed by atoms with van der Waals surface area (Å²) in [6.07, 6.45) is 3.67. The van der Waals surface area contributed by atoms with Crippen LogP contribution in [0.25, 0.3) is 0 Å². The van der Waals surface area contributed by atoms with Crippen LogP contribution < -0.4 is 5.32 Å². The summed E-state index contributed by atoms with van der Waals surface area (Å²) >= 11 is 14.3. The monoisotopic (exact) mass is 395 g/mol. The molecular formula is C10H8Br2ClN3S. The second kappa shape index (κ2) is 6.64. The lowest BCUT2D eigenvalue weighted by Crippen LogP contribution is -2.12. The number of rotatable bonds is 1. The van der Waals surface area contributed by atoms with Gasteiger partial charge >= 0.3 is 0 Å². The number of hydrogen-bond donors (Lipinski definition) is 1. The number of nitrogens with zero attached hydrogens (tertiary/aromatic N) is 2. The molecule has 0 fully saturated rings. The maximum Gasteiger partial charge on any atom is 0.183 e. The van der Waals surface area contributed by atoms with Crippen molar-refractivity contribution in [3.63, 3.8) is 0 Å². The van der Waals surface area contributed by atoms with Crippen LogP contribution in [0.3, 0.4) is 0 Å². The summed E-state index contributed by atoms with van der Waals surface area (Å²) in [5.74, 6) is 0. The highest BCUT2D eigenvalue weighted by atomic mass is 79.9. The Bertz CT molecular complexity index is 511. The zero-order valence-corrected chi connectivity index (χ0v) is 13.8. The molecule has 0 saturated heterocycles. The number of nitrogens with one attached hydrogen (secondary N) is 1. The van der Waals surface area contributed by atoms with Crippen LogP contribution in [0, 0.1) is 18.4 Å². The Hall–Kier alpha value is -0.220. The molecule has 0 aliphatic rings. The fourth-order valence-corrected chi connectivity index (χ4v) is 3.07. The molecule has 90 valence electrons. The molecule has 1 aromatic carbocycles. The van der Waals surface area contributed by atoms with Gasteiger partial charge in [0.15, 0.2) is 11.4 Å². The minimum Gasteiger partial charge on any atom is -0.271 e. The summed E-state index contributed by atoms with van der Waals surface area (Å²) in [5.41, 5.74) is 1.61. The minimum atomic E-state index is 0.508. The van der Waals surface area contributed by atoms with Gasteiger partial charge in [0.05, 0.1) is 15.2 Å². The smallest absolute Gasteiger partial charge is 0.183 e. The number of halogens is 3. The van der Waals surface area contributed by atoms with Crippen molar-refractivity contribution in [3.05, 3.63) is 25.6 Å². The predicted molar refractivity (Wildman–Crippen MR) is 80.9 cm³/mol. The Balaban J connectivity index is 3.33. The van der Waals surface area contributed by atoms with Gasteiger partial charge in [-0.25, -0.2) is 4.99 Å². The average molecular weight is 398 g/mol. The first-order valence-corrected chi connectivity index (χ1v) is 7.62. The first-order valence-electron chi connectivity index (χ1n) is 4.43. The molecule has 0 saturated carbocycles. The number of aliphatic imine (C=N–C) groups is 1. The number of thioether (sulfide) groups is 1. The molecule has 1 N–H and O–H groups in total. The molecule has 0 radical (unpaired) electrons. The summed E-state index contributed by atoms with van der Waals surface area (Å²) in [5, 5.41) is 12.2. The molecule has 0 atom stereocenters. The van der Waals surface area contributed by atoms with Crippen molar-refractivity contribution in [2.24, 2.45) is 4.99 Å². The van der Waals surface area contributed by atoms with Gasteiger partial charge in [0.2, 0.25) is 0 Å². The van der Waals surface area contributed by atoms with Crippen molar-refractivity contribution in [1.29, 1.82) is 5.26 Å². The largest absolute Gasteiger partial charge is 0.271 e. The summed E-state index contributed by atoms with van der Waals surface area (Å²) in [7, 11) is 0. The summed E-state index contributed by atoms with van der Waals surface area (Å²) < 4.78 is 1.52. The van der Waals surface area contributed by atoms with E-state index in [1.54, 1.807) is 0 Å². The van der Waals surface area contributed by atoms with E-state index in [0.29, 0.717) is 20.4 Å². The third-order valence-corrected chi connectivity index (χ3v) is 4.56. The number of benzene rings is 1. The topological polar surface area (TPSA) is 48.2 Å². The summed E-state index contributed by atoms with van der Waals surface area (Å²) in [4.78, 5) is 4.34. The van der Waals surface area contributed by atoms with Gasteiger partial charge < -0.3 is 0 Å². The van der Waals surface area contributed by atoms with E-state index >= 15 is 0 Å². The Morgan fingerprint density at radius 1 is 1.59 bits per heavy atom.